The molecule has 4 aromatic rings. The van der Waals surface area contributed by atoms with E-state index in [-0.39, 0.29) is 5.78 Å². The second-order valence-electron chi connectivity index (χ2n) is 6.58. The third-order valence-electron chi connectivity index (χ3n) is 4.84. The van der Waals surface area contributed by atoms with Gasteiger partial charge in [-0.15, -0.1) is 0 Å². The molecule has 0 saturated heterocycles. The third-order valence-corrected chi connectivity index (χ3v) is 8.80. The van der Waals surface area contributed by atoms with Crippen LogP contribution in [0.4, 0.5) is 0 Å². The number of aryl methyl sites for hydroxylation is 1. The average molecular weight is 384 g/mol. The molecule has 138 valence electrons. The van der Waals surface area contributed by atoms with Gasteiger partial charge in [-0.2, -0.15) is 0 Å². The van der Waals surface area contributed by atoms with Gasteiger partial charge in [0.25, 0.3) is 0 Å². The lowest BCUT2D eigenvalue weighted by Crippen LogP contribution is -2.29. The van der Waals surface area contributed by atoms with Gasteiger partial charge in [0, 0.05) is 19.4 Å². The molecule has 0 bridgehead atoms. The first-order chi connectivity index (χ1) is 13.7. The normalized spacial score (nSPS) is 11.2. The fourth-order valence-electron chi connectivity index (χ4n) is 3.50. The Hall–Kier alpha value is -3.16. The van der Waals surface area contributed by atoms with E-state index in [0.29, 0.717) is 5.82 Å². The molecule has 0 N–H and O–H groups in total. The van der Waals surface area contributed by atoms with E-state index in [9.17, 15) is 4.79 Å². The Bertz CT molecular complexity index is 1030. The highest BCUT2D eigenvalue weighted by molar-refractivity contribution is 7.95. The summed E-state index contributed by atoms with van der Waals surface area (Å²) >= 11 is 0. The molecule has 0 aliphatic carbocycles. The molecule has 0 aliphatic heterocycles. The maximum atomic E-state index is 13.4. The van der Waals surface area contributed by atoms with Crippen molar-refractivity contribution in [2.45, 2.75) is 0 Å². The Kier molecular flexibility index (Phi) is 5.10. The van der Waals surface area contributed by atoms with E-state index in [2.05, 4.69) is 41.4 Å². The smallest absolute Gasteiger partial charge is 0.222 e. The van der Waals surface area contributed by atoms with Gasteiger partial charge in [-0.3, -0.25) is 4.79 Å². The summed E-state index contributed by atoms with van der Waals surface area (Å²) in [5.41, 5.74) is 0. The van der Waals surface area contributed by atoms with Gasteiger partial charge in [0.1, 0.15) is 0 Å². The zero-order valence-electron chi connectivity index (χ0n) is 15.6. The largest absolute Gasteiger partial charge is 0.331 e. The fraction of sp³-hybridized carbons (Fsp3) is 0.0417. The van der Waals surface area contributed by atoms with Crippen molar-refractivity contribution in [1.82, 2.24) is 9.55 Å². The summed E-state index contributed by atoms with van der Waals surface area (Å²) in [6, 6.07) is 31.0. The zero-order valence-corrected chi connectivity index (χ0v) is 16.5. The fourth-order valence-corrected chi connectivity index (χ4v) is 7.23. The number of Topliss-reactive ketones (excluding diaryl/α,β-unsaturated/α-hetero) is 1. The zero-order chi connectivity index (χ0) is 19.4. The number of rotatable bonds is 5. The number of carbonyl (C=O) groups is 1. The van der Waals surface area contributed by atoms with Gasteiger partial charge in [-0.1, -0.05) is 91.0 Å². The molecule has 0 spiro atoms. The van der Waals surface area contributed by atoms with Crippen LogP contribution in [0.5, 0.6) is 0 Å². The predicted octanol–water partition coefficient (Wildman–Crippen LogP) is 3.40. The highest BCUT2D eigenvalue weighted by atomic mass is 31.2. The summed E-state index contributed by atoms with van der Waals surface area (Å²) < 4.78 is 1.77. The van der Waals surface area contributed by atoms with Crippen LogP contribution in [0.25, 0.3) is 0 Å². The molecule has 0 radical (unpaired) electrons. The number of hydrogen-bond acceptors (Lipinski definition) is 2. The number of imidazole rings is 1. The van der Waals surface area contributed by atoms with Gasteiger partial charge in [-0.25, -0.2) is 4.98 Å². The Balaban J connectivity index is 2.09. The van der Waals surface area contributed by atoms with Gasteiger partial charge < -0.3 is 4.57 Å². The summed E-state index contributed by atoms with van der Waals surface area (Å²) in [6.45, 7) is -2.30. The predicted molar refractivity (Wildman–Crippen MR) is 119 cm³/mol. The van der Waals surface area contributed by atoms with E-state index in [1.807, 2.05) is 67.4 Å². The summed E-state index contributed by atoms with van der Waals surface area (Å²) in [5.74, 6) is 2.31. The van der Waals surface area contributed by atoms with Crippen LogP contribution in [-0.2, 0) is 7.05 Å². The van der Waals surface area contributed by atoms with Crippen LogP contribution in [-0.4, -0.2) is 21.1 Å². The lowest BCUT2D eigenvalue weighted by Gasteiger charge is -2.28. The Morgan fingerprint density at radius 2 is 1.21 bits per heavy atom. The summed E-state index contributed by atoms with van der Waals surface area (Å²) in [5, 5.41) is 3.44. The van der Waals surface area contributed by atoms with Crippen LogP contribution in [0, 0.1) is 0 Å². The van der Waals surface area contributed by atoms with Crippen molar-refractivity contribution in [3.8, 4) is 0 Å². The highest BCUT2D eigenvalue weighted by Gasteiger charge is 2.27. The third kappa shape index (κ3) is 3.26. The number of aromatic nitrogens is 2. The first-order valence-corrected chi connectivity index (χ1v) is 11.0. The average Bonchev–Trinajstić information content (AvgIpc) is 3.20. The van der Waals surface area contributed by atoms with Gasteiger partial charge in [0.05, 0.1) is 0 Å². The lowest BCUT2D eigenvalue weighted by molar-refractivity contribution is 0.106. The van der Waals surface area contributed by atoms with E-state index in [1.165, 1.54) is 0 Å². The van der Waals surface area contributed by atoms with Crippen molar-refractivity contribution in [3.05, 3.63) is 109 Å². The molecule has 4 heteroatoms. The number of nitrogens with zero attached hydrogens (tertiary/aromatic N) is 2. The van der Waals surface area contributed by atoms with Crippen molar-refractivity contribution in [2.24, 2.45) is 7.05 Å². The highest BCUT2D eigenvalue weighted by Crippen LogP contribution is 2.43. The van der Waals surface area contributed by atoms with Crippen LogP contribution < -0.4 is 15.9 Å². The van der Waals surface area contributed by atoms with Crippen molar-refractivity contribution < 1.29 is 4.79 Å². The molecule has 0 amide bonds. The molecule has 0 saturated carbocycles. The van der Waals surface area contributed by atoms with Gasteiger partial charge in [0.2, 0.25) is 5.78 Å². The molecular weight excluding hydrogens is 363 g/mol. The van der Waals surface area contributed by atoms with Crippen LogP contribution in [0.15, 0.2) is 103 Å². The quantitative estimate of drug-likeness (QED) is 0.391. The minimum absolute atomic E-state index is 0.0580. The van der Waals surface area contributed by atoms with Gasteiger partial charge in [0.15, 0.2) is 5.82 Å². The van der Waals surface area contributed by atoms with Gasteiger partial charge in [-0.05, 0) is 28.6 Å². The first kappa shape index (κ1) is 18.2. The molecule has 28 heavy (non-hydrogen) atoms. The molecular formula is C24H21N2OP. The molecule has 0 fully saturated rings. The molecule has 4 rings (SSSR count). The van der Waals surface area contributed by atoms with Crippen LogP contribution in [0.3, 0.4) is 0 Å². The van der Waals surface area contributed by atoms with E-state index < -0.39 is 6.89 Å². The van der Waals surface area contributed by atoms with Crippen LogP contribution in [0.2, 0.25) is 0 Å². The Morgan fingerprint density at radius 3 is 1.57 bits per heavy atom. The second kappa shape index (κ2) is 7.84. The first-order valence-electron chi connectivity index (χ1n) is 9.15. The van der Waals surface area contributed by atoms with Crippen molar-refractivity contribution in [3.63, 3.8) is 0 Å². The maximum Gasteiger partial charge on any atom is 0.222 e. The SMILES string of the molecule is Cn1ccnc1C(=O)C=P(c1ccccc1)(c1ccccc1)c1ccccc1. The van der Waals surface area contributed by atoms with E-state index >= 15 is 0 Å². The summed E-state index contributed by atoms with van der Waals surface area (Å²) in [6.07, 6.45) is 3.46. The molecule has 3 aromatic carbocycles. The summed E-state index contributed by atoms with van der Waals surface area (Å²) in [4.78, 5) is 17.6. The molecule has 1 heterocycles. The summed E-state index contributed by atoms with van der Waals surface area (Å²) in [7, 11) is 1.85. The molecule has 0 aliphatic rings. The van der Waals surface area contributed by atoms with E-state index in [4.69, 9.17) is 0 Å². The second-order valence-corrected chi connectivity index (χ2v) is 9.84. The number of ketones is 1. The number of benzene rings is 3. The number of carbonyl (C=O) groups excluding carboxylic acids is 1. The van der Waals surface area contributed by atoms with Gasteiger partial charge >= 0.3 is 0 Å². The van der Waals surface area contributed by atoms with Crippen molar-refractivity contribution in [1.29, 1.82) is 0 Å². The molecule has 0 atom stereocenters. The van der Waals surface area contributed by atoms with Crippen molar-refractivity contribution >= 4 is 34.4 Å². The number of hydrogen-bond donors (Lipinski definition) is 0. The van der Waals surface area contributed by atoms with Crippen LogP contribution in [0.1, 0.15) is 10.6 Å². The minimum atomic E-state index is -2.30. The van der Waals surface area contributed by atoms with Crippen molar-refractivity contribution in [2.75, 3.05) is 0 Å². The topological polar surface area (TPSA) is 34.9 Å². The Labute approximate surface area is 165 Å². The molecule has 1 aromatic heterocycles. The lowest BCUT2D eigenvalue weighted by atomic mass is 10.4. The molecule has 0 unspecified atom stereocenters. The maximum absolute atomic E-state index is 13.4. The van der Waals surface area contributed by atoms with Crippen LogP contribution >= 0.6 is 6.89 Å². The monoisotopic (exact) mass is 384 g/mol. The minimum Gasteiger partial charge on any atom is -0.331 e. The standard InChI is InChI=1S/C24H21N2OP/c1-26-18-17-25-24(26)23(27)19-28(20-11-5-2-6-12-20,21-13-7-3-8-14-21)22-15-9-4-10-16-22/h2-19H,1H3. The van der Waals surface area contributed by atoms with E-state index in [1.54, 1.807) is 17.0 Å². The Morgan fingerprint density at radius 1 is 0.786 bits per heavy atom. The molecule has 3 nitrogen and oxygen atoms in total. The van der Waals surface area contributed by atoms with E-state index in [0.717, 1.165) is 15.9 Å².